The number of thioether (sulfide) groups is 2. The van der Waals surface area contributed by atoms with Gasteiger partial charge in [-0.3, -0.25) is 4.99 Å². The van der Waals surface area contributed by atoms with Crippen molar-refractivity contribution in [3.05, 3.63) is 0 Å². The number of rotatable bonds is 2. The quantitative estimate of drug-likeness (QED) is 0.727. The van der Waals surface area contributed by atoms with Crippen LogP contribution in [0.15, 0.2) is 4.99 Å². The fraction of sp³-hybridized carbons (Fsp3) is 0.889. The monoisotopic (exact) mass is 294 g/mol. The van der Waals surface area contributed by atoms with Crippen molar-refractivity contribution < 1.29 is 0 Å². The molecule has 0 amide bonds. The van der Waals surface area contributed by atoms with Crippen molar-refractivity contribution in [3.8, 4) is 0 Å². The molecule has 0 radical (unpaired) electrons. The Hall–Kier alpha value is 0.650. The van der Waals surface area contributed by atoms with Gasteiger partial charge in [0.15, 0.2) is 5.17 Å². The molecule has 0 N–H and O–H groups in total. The standard InChI is InChI=1S/C9H15BrN2S2/c1-12(7-2-3-13-6-7)9-11-5-8(4-10)14-9/h7-8H,2-6H2,1H3. The van der Waals surface area contributed by atoms with Gasteiger partial charge >= 0.3 is 0 Å². The fourth-order valence-corrected chi connectivity index (χ4v) is 4.51. The van der Waals surface area contributed by atoms with E-state index in [1.54, 1.807) is 0 Å². The molecule has 5 heteroatoms. The molecule has 0 bridgehead atoms. The molecule has 14 heavy (non-hydrogen) atoms. The normalized spacial score (nSPS) is 32.0. The first-order valence-corrected chi connectivity index (χ1v) is 8.04. The number of halogens is 1. The van der Waals surface area contributed by atoms with Crippen LogP contribution in [0.25, 0.3) is 0 Å². The van der Waals surface area contributed by atoms with Crippen LogP contribution in [0.1, 0.15) is 6.42 Å². The van der Waals surface area contributed by atoms with Crippen LogP contribution in [0.2, 0.25) is 0 Å². The minimum Gasteiger partial charge on any atom is -0.351 e. The van der Waals surface area contributed by atoms with Gasteiger partial charge in [0.2, 0.25) is 0 Å². The Morgan fingerprint density at radius 3 is 3.07 bits per heavy atom. The molecule has 80 valence electrons. The Balaban J connectivity index is 1.89. The number of amidine groups is 1. The molecular formula is C9H15BrN2S2. The van der Waals surface area contributed by atoms with E-state index in [1.165, 1.54) is 23.1 Å². The first-order chi connectivity index (χ1) is 6.81. The minimum absolute atomic E-state index is 0.654. The second-order valence-electron chi connectivity index (χ2n) is 3.65. The van der Waals surface area contributed by atoms with E-state index < -0.39 is 0 Å². The first-order valence-electron chi connectivity index (χ1n) is 4.89. The lowest BCUT2D eigenvalue weighted by atomic mass is 10.2. The van der Waals surface area contributed by atoms with Crippen LogP contribution in [-0.2, 0) is 0 Å². The molecular weight excluding hydrogens is 280 g/mol. The largest absolute Gasteiger partial charge is 0.351 e. The van der Waals surface area contributed by atoms with E-state index in [-0.39, 0.29) is 0 Å². The average Bonchev–Trinajstić information content (AvgIpc) is 2.88. The summed E-state index contributed by atoms with van der Waals surface area (Å²) < 4.78 is 0. The molecule has 2 atom stereocenters. The van der Waals surface area contributed by atoms with E-state index in [1.807, 2.05) is 11.8 Å². The highest BCUT2D eigenvalue weighted by molar-refractivity contribution is 9.09. The lowest BCUT2D eigenvalue weighted by molar-refractivity contribution is 0.404. The van der Waals surface area contributed by atoms with Crippen molar-refractivity contribution in [2.75, 3.05) is 30.4 Å². The Bertz CT molecular complexity index is 229. The Kier molecular flexibility index (Phi) is 4.08. The van der Waals surface area contributed by atoms with Gasteiger partial charge in [-0.2, -0.15) is 11.8 Å². The van der Waals surface area contributed by atoms with Gasteiger partial charge in [-0.1, -0.05) is 27.7 Å². The van der Waals surface area contributed by atoms with Crippen LogP contribution < -0.4 is 0 Å². The summed E-state index contributed by atoms with van der Waals surface area (Å²) in [5.74, 6) is 2.59. The van der Waals surface area contributed by atoms with Crippen molar-refractivity contribution in [3.63, 3.8) is 0 Å². The molecule has 2 aliphatic heterocycles. The van der Waals surface area contributed by atoms with Gasteiger partial charge in [-0.05, 0) is 12.2 Å². The summed E-state index contributed by atoms with van der Waals surface area (Å²) in [4.78, 5) is 6.98. The molecule has 2 rings (SSSR count). The maximum Gasteiger partial charge on any atom is 0.159 e. The minimum atomic E-state index is 0.654. The van der Waals surface area contributed by atoms with Crippen molar-refractivity contribution in [2.24, 2.45) is 4.99 Å². The van der Waals surface area contributed by atoms with Gasteiger partial charge in [-0.15, -0.1) is 0 Å². The van der Waals surface area contributed by atoms with Crippen LogP contribution in [0.3, 0.4) is 0 Å². The number of alkyl halides is 1. The smallest absolute Gasteiger partial charge is 0.159 e. The van der Waals surface area contributed by atoms with Crippen LogP contribution >= 0.6 is 39.5 Å². The van der Waals surface area contributed by atoms with Gasteiger partial charge in [0.1, 0.15) is 0 Å². The molecule has 2 nitrogen and oxygen atoms in total. The first kappa shape index (κ1) is 11.1. The van der Waals surface area contributed by atoms with Crippen LogP contribution in [0.5, 0.6) is 0 Å². The lowest BCUT2D eigenvalue weighted by Crippen LogP contribution is -2.34. The van der Waals surface area contributed by atoms with E-state index in [0.29, 0.717) is 5.25 Å². The summed E-state index contributed by atoms with van der Waals surface area (Å²) in [6.45, 7) is 0.982. The third kappa shape index (κ3) is 2.42. The maximum absolute atomic E-state index is 4.60. The third-order valence-electron chi connectivity index (χ3n) is 2.63. The van der Waals surface area contributed by atoms with Crippen molar-refractivity contribution in [1.82, 2.24) is 4.90 Å². The number of aliphatic imine (C=N–C) groups is 1. The van der Waals surface area contributed by atoms with Gasteiger partial charge in [-0.25, -0.2) is 0 Å². The van der Waals surface area contributed by atoms with E-state index in [2.05, 4.69) is 44.6 Å². The summed E-state index contributed by atoms with van der Waals surface area (Å²) >= 11 is 7.51. The molecule has 2 unspecified atom stereocenters. The summed E-state index contributed by atoms with van der Waals surface area (Å²) in [5.41, 5.74) is 0. The molecule has 0 aromatic carbocycles. The maximum atomic E-state index is 4.60. The summed E-state index contributed by atoms with van der Waals surface area (Å²) in [7, 11) is 2.19. The molecule has 1 saturated heterocycles. The molecule has 0 saturated carbocycles. The zero-order chi connectivity index (χ0) is 9.97. The zero-order valence-corrected chi connectivity index (χ0v) is 11.5. The van der Waals surface area contributed by atoms with Crippen molar-refractivity contribution in [1.29, 1.82) is 0 Å². The third-order valence-corrected chi connectivity index (χ3v) is 6.26. The average molecular weight is 295 g/mol. The highest BCUT2D eigenvalue weighted by Crippen LogP contribution is 2.29. The SMILES string of the molecule is CN(C1=NCC(CBr)S1)C1CCSC1. The molecule has 0 aromatic heterocycles. The van der Waals surface area contributed by atoms with Crippen molar-refractivity contribution in [2.45, 2.75) is 17.7 Å². The molecule has 0 aromatic rings. The Labute approximate surface area is 102 Å². The topological polar surface area (TPSA) is 15.6 Å². The second-order valence-corrected chi connectivity index (χ2v) is 6.71. The molecule has 2 aliphatic rings. The van der Waals surface area contributed by atoms with Crippen LogP contribution in [0.4, 0.5) is 0 Å². The highest BCUT2D eigenvalue weighted by atomic mass is 79.9. The Morgan fingerprint density at radius 1 is 1.64 bits per heavy atom. The van der Waals surface area contributed by atoms with Gasteiger partial charge in [0.25, 0.3) is 0 Å². The van der Waals surface area contributed by atoms with E-state index >= 15 is 0 Å². The lowest BCUT2D eigenvalue weighted by Gasteiger charge is -2.25. The van der Waals surface area contributed by atoms with E-state index in [9.17, 15) is 0 Å². The molecule has 2 heterocycles. The number of nitrogens with zero attached hydrogens (tertiary/aromatic N) is 2. The van der Waals surface area contributed by atoms with Crippen LogP contribution in [-0.4, -0.2) is 51.8 Å². The molecule has 0 aliphatic carbocycles. The summed E-state index contributed by atoms with van der Waals surface area (Å²) in [5, 5.41) is 2.96. The van der Waals surface area contributed by atoms with Crippen molar-refractivity contribution >= 4 is 44.6 Å². The highest BCUT2D eigenvalue weighted by Gasteiger charge is 2.27. The van der Waals surface area contributed by atoms with Crippen LogP contribution in [0, 0.1) is 0 Å². The van der Waals surface area contributed by atoms with Gasteiger partial charge in [0.05, 0.1) is 6.54 Å². The van der Waals surface area contributed by atoms with E-state index in [0.717, 1.165) is 17.9 Å². The summed E-state index contributed by atoms with van der Waals surface area (Å²) in [6, 6.07) is 0.723. The number of hydrogen-bond acceptors (Lipinski definition) is 4. The Morgan fingerprint density at radius 2 is 2.50 bits per heavy atom. The van der Waals surface area contributed by atoms with Gasteiger partial charge in [0, 0.05) is 29.4 Å². The summed E-state index contributed by atoms with van der Waals surface area (Å²) in [6.07, 6.45) is 1.32. The predicted octanol–water partition coefficient (Wildman–Crippen LogP) is 2.29. The number of hydrogen-bond donors (Lipinski definition) is 0. The zero-order valence-electron chi connectivity index (χ0n) is 8.28. The second kappa shape index (κ2) is 5.12. The fourth-order valence-electron chi connectivity index (χ4n) is 1.66. The molecule has 0 spiro atoms. The molecule has 1 fully saturated rings. The van der Waals surface area contributed by atoms with Gasteiger partial charge < -0.3 is 4.90 Å². The van der Waals surface area contributed by atoms with E-state index in [4.69, 9.17) is 0 Å². The predicted molar refractivity (Wildman–Crippen MR) is 71.0 cm³/mol.